The van der Waals surface area contributed by atoms with Gasteiger partial charge in [0.25, 0.3) is 0 Å². The first kappa shape index (κ1) is 14.1. The van der Waals surface area contributed by atoms with E-state index in [-0.39, 0.29) is 12.4 Å². The van der Waals surface area contributed by atoms with Crippen LogP contribution in [0.3, 0.4) is 0 Å². The quantitative estimate of drug-likeness (QED) is 0.804. The van der Waals surface area contributed by atoms with Gasteiger partial charge in [-0.2, -0.15) is 0 Å². The minimum atomic E-state index is 0. The fourth-order valence-corrected chi connectivity index (χ4v) is 2.87. The molecule has 19 heavy (non-hydrogen) atoms. The molecular formula is C14H15Cl2N3. The highest BCUT2D eigenvalue weighted by molar-refractivity contribution is 6.31. The zero-order chi connectivity index (χ0) is 12.5. The van der Waals surface area contributed by atoms with Gasteiger partial charge in [-0.25, -0.2) is 9.97 Å². The Kier molecular flexibility index (Phi) is 4.27. The van der Waals surface area contributed by atoms with Gasteiger partial charge < -0.3 is 4.90 Å². The maximum absolute atomic E-state index is 6.26. The van der Waals surface area contributed by atoms with E-state index in [0.717, 1.165) is 23.8 Å². The number of hydrogen-bond acceptors (Lipinski definition) is 3. The summed E-state index contributed by atoms with van der Waals surface area (Å²) in [6, 6.07) is 8.38. The Labute approximate surface area is 124 Å². The van der Waals surface area contributed by atoms with Crippen molar-refractivity contribution >= 4 is 29.8 Å². The first-order valence-corrected chi connectivity index (χ1v) is 6.45. The van der Waals surface area contributed by atoms with E-state index in [0.29, 0.717) is 6.04 Å². The average molecular weight is 296 g/mol. The summed E-state index contributed by atoms with van der Waals surface area (Å²) in [5.41, 5.74) is 2.57. The van der Waals surface area contributed by atoms with Gasteiger partial charge in [-0.1, -0.05) is 23.7 Å². The summed E-state index contributed by atoms with van der Waals surface area (Å²) >= 11 is 6.26. The second-order valence-electron chi connectivity index (χ2n) is 4.49. The largest absolute Gasteiger partial charge is 0.349 e. The van der Waals surface area contributed by atoms with Crippen LogP contribution in [0, 0.1) is 0 Å². The molecule has 1 aromatic carbocycles. The summed E-state index contributed by atoms with van der Waals surface area (Å²) in [6.45, 7) is 3.13. The lowest BCUT2D eigenvalue weighted by Gasteiger charge is -2.36. The molecule has 1 unspecified atom stereocenters. The molecule has 2 aromatic rings. The van der Waals surface area contributed by atoms with Crippen molar-refractivity contribution in [2.24, 2.45) is 0 Å². The van der Waals surface area contributed by atoms with Gasteiger partial charge in [-0.3, -0.25) is 0 Å². The summed E-state index contributed by atoms with van der Waals surface area (Å²) < 4.78 is 0. The van der Waals surface area contributed by atoms with Crippen molar-refractivity contribution in [3.05, 3.63) is 52.9 Å². The van der Waals surface area contributed by atoms with Gasteiger partial charge in [0.15, 0.2) is 0 Å². The Morgan fingerprint density at radius 1 is 1.32 bits per heavy atom. The smallest absolute Gasteiger partial charge is 0.132 e. The molecule has 0 N–H and O–H groups in total. The minimum Gasteiger partial charge on any atom is -0.349 e. The normalized spacial score (nSPS) is 17.6. The van der Waals surface area contributed by atoms with Gasteiger partial charge in [0.1, 0.15) is 12.1 Å². The van der Waals surface area contributed by atoms with Gasteiger partial charge in [-0.15, -0.1) is 12.4 Å². The molecule has 1 aliphatic heterocycles. The number of benzene rings is 1. The lowest BCUT2D eigenvalue weighted by Crippen LogP contribution is -2.34. The van der Waals surface area contributed by atoms with Gasteiger partial charge in [-0.05, 0) is 36.6 Å². The fourth-order valence-electron chi connectivity index (χ4n) is 2.59. The maximum Gasteiger partial charge on any atom is 0.132 e. The van der Waals surface area contributed by atoms with E-state index in [1.54, 1.807) is 12.5 Å². The number of rotatable bonds is 1. The second kappa shape index (κ2) is 5.76. The summed E-state index contributed by atoms with van der Waals surface area (Å²) in [5.74, 6) is 0.975. The molecule has 0 saturated heterocycles. The van der Waals surface area contributed by atoms with Crippen LogP contribution in [0.1, 0.15) is 24.1 Å². The van der Waals surface area contributed by atoms with Crippen molar-refractivity contribution in [3.63, 3.8) is 0 Å². The zero-order valence-corrected chi connectivity index (χ0v) is 12.2. The third-order valence-corrected chi connectivity index (χ3v) is 3.89. The monoisotopic (exact) mass is 295 g/mol. The first-order valence-electron chi connectivity index (χ1n) is 6.07. The Morgan fingerprint density at radius 3 is 2.89 bits per heavy atom. The number of hydrogen-bond donors (Lipinski definition) is 0. The Morgan fingerprint density at radius 2 is 2.16 bits per heavy atom. The van der Waals surface area contributed by atoms with Crippen LogP contribution in [0.5, 0.6) is 0 Å². The molecule has 3 rings (SSSR count). The molecule has 0 bridgehead atoms. The van der Waals surface area contributed by atoms with Gasteiger partial charge in [0.2, 0.25) is 0 Å². The molecule has 5 heteroatoms. The highest BCUT2D eigenvalue weighted by Crippen LogP contribution is 2.35. The third kappa shape index (κ3) is 2.53. The summed E-state index contributed by atoms with van der Waals surface area (Å²) in [4.78, 5) is 10.6. The van der Waals surface area contributed by atoms with Crippen molar-refractivity contribution in [2.75, 3.05) is 11.4 Å². The van der Waals surface area contributed by atoms with Crippen molar-refractivity contribution in [3.8, 4) is 0 Å². The van der Waals surface area contributed by atoms with Gasteiger partial charge in [0.05, 0.1) is 6.04 Å². The SMILES string of the molecule is CC1c2cccc(Cl)c2CCN1c1ccncn1.Cl. The second-order valence-corrected chi connectivity index (χ2v) is 4.90. The van der Waals surface area contributed by atoms with Gasteiger partial charge >= 0.3 is 0 Å². The lowest BCUT2D eigenvalue weighted by molar-refractivity contribution is 0.616. The van der Waals surface area contributed by atoms with E-state index in [9.17, 15) is 0 Å². The van der Waals surface area contributed by atoms with E-state index >= 15 is 0 Å². The molecule has 0 amide bonds. The van der Waals surface area contributed by atoms with Crippen molar-refractivity contribution in [1.82, 2.24) is 9.97 Å². The summed E-state index contributed by atoms with van der Waals surface area (Å²) in [6.07, 6.45) is 4.33. The van der Waals surface area contributed by atoms with Gasteiger partial charge in [0, 0.05) is 17.8 Å². The topological polar surface area (TPSA) is 29.0 Å². The molecular weight excluding hydrogens is 281 g/mol. The molecule has 0 aliphatic carbocycles. The molecule has 2 heterocycles. The van der Waals surface area contributed by atoms with Crippen LogP contribution in [-0.4, -0.2) is 16.5 Å². The highest BCUT2D eigenvalue weighted by Gasteiger charge is 2.25. The molecule has 1 aromatic heterocycles. The number of nitrogens with zero attached hydrogens (tertiary/aromatic N) is 3. The van der Waals surface area contributed by atoms with E-state index in [1.165, 1.54) is 11.1 Å². The van der Waals surface area contributed by atoms with Crippen LogP contribution in [0.15, 0.2) is 36.8 Å². The van der Waals surface area contributed by atoms with Crippen molar-refractivity contribution in [1.29, 1.82) is 0 Å². The van der Waals surface area contributed by atoms with E-state index < -0.39 is 0 Å². The predicted octanol–water partition coefficient (Wildman–Crippen LogP) is 3.68. The molecule has 1 atom stereocenters. The zero-order valence-electron chi connectivity index (χ0n) is 10.6. The first-order chi connectivity index (χ1) is 8.77. The Hall–Kier alpha value is -1.32. The third-order valence-electron chi connectivity index (χ3n) is 3.54. The van der Waals surface area contributed by atoms with Crippen molar-refractivity contribution in [2.45, 2.75) is 19.4 Å². The van der Waals surface area contributed by atoms with E-state index in [1.807, 2.05) is 18.2 Å². The number of aromatic nitrogens is 2. The van der Waals surface area contributed by atoms with Crippen LogP contribution in [-0.2, 0) is 6.42 Å². The van der Waals surface area contributed by atoms with Crippen LogP contribution >= 0.6 is 24.0 Å². The predicted molar refractivity (Wildman–Crippen MR) is 80.2 cm³/mol. The number of halogens is 2. The van der Waals surface area contributed by atoms with Crippen LogP contribution in [0.4, 0.5) is 5.82 Å². The molecule has 0 spiro atoms. The molecule has 0 fully saturated rings. The van der Waals surface area contributed by atoms with Crippen LogP contribution < -0.4 is 4.90 Å². The van der Waals surface area contributed by atoms with Crippen molar-refractivity contribution < 1.29 is 0 Å². The van der Waals surface area contributed by atoms with E-state index in [2.05, 4.69) is 27.9 Å². The van der Waals surface area contributed by atoms with E-state index in [4.69, 9.17) is 11.6 Å². The van der Waals surface area contributed by atoms with Crippen LogP contribution in [0.25, 0.3) is 0 Å². The molecule has 3 nitrogen and oxygen atoms in total. The van der Waals surface area contributed by atoms with Crippen LogP contribution in [0.2, 0.25) is 5.02 Å². The standard InChI is InChI=1S/C14H14ClN3.ClH/c1-10-11-3-2-4-13(15)12(11)6-8-18(10)14-5-7-16-9-17-14;/h2-5,7,9-10H,6,8H2,1H3;1H. The summed E-state index contributed by atoms with van der Waals surface area (Å²) in [7, 11) is 0. The Balaban J connectivity index is 0.00000133. The minimum absolute atomic E-state index is 0. The molecule has 0 radical (unpaired) electrons. The maximum atomic E-state index is 6.26. The Bertz CT molecular complexity index is 560. The summed E-state index contributed by atoms with van der Waals surface area (Å²) in [5, 5.41) is 0.877. The number of fused-ring (bicyclic) bond motifs is 1. The highest BCUT2D eigenvalue weighted by atomic mass is 35.5. The lowest BCUT2D eigenvalue weighted by atomic mass is 9.93. The molecule has 100 valence electrons. The molecule has 1 aliphatic rings. The number of anilines is 1. The molecule has 0 saturated carbocycles. The average Bonchev–Trinajstić information content (AvgIpc) is 2.41. The fraction of sp³-hybridized carbons (Fsp3) is 0.286.